The maximum atomic E-state index is 13.0. The van der Waals surface area contributed by atoms with Crippen molar-refractivity contribution in [3.05, 3.63) is 59.7 Å². The van der Waals surface area contributed by atoms with Crippen molar-refractivity contribution in [3.8, 4) is 11.1 Å². The summed E-state index contributed by atoms with van der Waals surface area (Å²) in [6.45, 7) is 3.89. The van der Waals surface area contributed by atoms with Crippen LogP contribution in [0.15, 0.2) is 48.5 Å². The van der Waals surface area contributed by atoms with E-state index in [1.54, 1.807) is 0 Å². The number of carboxylic acid groups (broad SMARTS) is 1. The van der Waals surface area contributed by atoms with Crippen molar-refractivity contribution in [1.82, 2.24) is 10.6 Å². The van der Waals surface area contributed by atoms with Gasteiger partial charge in [-0.3, -0.25) is 9.59 Å². The van der Waals surface area contributed by atoms with E-state index in [9.17, 15) is 14.4 Å². The van der Waals surface area contributed by atoms with Gasteiger partial charge in [0.1, 0.15) is 12.1 Å². The Labute approximate surface area is 193 Å². The van der Waals surface area contributed by atoms with Crippen molar-refractivity contribution in [2.75, 3.05) is 6.61 Å². The third kappa shape index (κ3) is 4.58. The van der Waals surface area contributed by atoms with Crippen molar-refractivity contribution in [3.63, 3.8) is 0 Å². The van der Waals surface area contributed by atoms with Crippen LogP contribution in [0.4, 0.5) is 4.79 Å². The number of carbonyl (C=O) groups is 3. The lowest BCUT2D eigenvalue weighted by molar-refractivity contribution is -0.138. The zero-order valence-corrected chi connectivity index (χ0v) is 19.0. The lowest BCUT2D eigenvalue weighted by atomic mass is 9.75. The minimum atomic E-state index is -1.05. The smallest absolute Gasteiger partial charge is 0.408 e. The van der Waals surface area contributed by atoms with E-state index in [1.807, 2.05) is 38.1 Å². The first-order valence-electron chi connectivity index (χ1n) is 11.5. The summed E-state index contributed by atoms with van der Waals surface area (Å²) < 4.78 is 5.61. The van der Waals surface area contributed by atoms with Crippen LogP contribution in [0.1, 0.15) is 56.6 Å². The van der Waals surface area contributed by atoms with Gasteiger partial charge in [0.05, 0.1) is 6.42 Å². The Kier molecular flexibility index (Phi) is 6.40. The van der Waals surface area contributed by atoms with E-state index in [1.165, 1.54) is 0 Å². The van der Waals surface area contributed by atoms with Crippen LogP contribution in [0.3, 0.4) is 0 Å². The van der Waals surface area contributed by atoms with Gasteiger partial charge in [-0.05, 0) is 47.4 Å². The quantitative estimate of drug-likeness (QED) is 0.563. The minimum Gasteiger partial charge on any atom is -0.481 e. The van der Waals surface area contributed by atoms with Crippen LogP contribution in [0.25, 0.3) is 11.1 Å². The van der Waals surface area contributed by atoms with Gasteiger partial charge < -0.3 is 20.5 Å². The second-order valence-corrected chi connectivity index (χ2v) is 9.31. The van der Waals surface area contributed by atoms with Gasteiger partial charge in [0, 0.05) is 12.0 Å². The van der Waals surface area contributed by atoms with E-state index in [2.05, 4.69) is 34.9 Å². The standard InChI is InChI=1S/C26H30N2O5/c1-16(2)22(14-23(29)30)27-24(31)26(12-7-13-26)28-25(32)33-15-21-19-10-5-3-8-17(19)18-9-4-6-11-20(18)21/h3-6,8-11,16,21-22H,7,12-15H2,1-2H3,(H,27,31)(H,28,32)(H,29,30). The van der Waals surface area contributed by atoms with E-state index in [4.69, 9.17) is 9.84 Å². The van der Waals surface area contributed by atoms with Gasteiger partial charge in [-0.1, -0.05) is 62.4 Å². The molecule has 2 aromatic carbocycles. The molecule has 4 rings (SSSR count). The molecule has 0 bridgehead atoms. The van der Waals surface area contributed by atoms with Crippen molar-refractivity contribution in [2.45, 2.75) is 57.0 Å². The Hall–Kier alpha value is -3.35. The average Bonchev–Trinajstić information content (AvgIpc) is 3.07. The number of hydrogen-bond donors (Lipinski definition) is 3. The van der Waals surface area contributed by atoms with E-state index in [0.717, 1.165) is 28.7 Å². The molecule has 2 amide bonds. The molecule has 1 saturated carbocycles. The highest BCUT2D eigenvalue weighted by molar-refractivity contribution is 5.91. The monoisotopic (exact) mass is 450 g/mol. The predicted octanol–water partition coefficient (Wildman–Crippen LogP) is 4.06. The molecule has 0 heterocycles. The van der Waals surface area contributed by atoms with Crippen molar-refractivity contribution < 1.29 is 24.2 Å². The lowest BCUT2D eigenvalue weighted by Crippen LogP contribution is -2.64. The maximum Gasteiger partial charge on any atom is 0.408 e. The van der Waals surface area contributed by atoms with Gasteiger partial charge in [-0.2, -0.15) is 0 Å². The summed E-state index contributed by atoms with van der Waals surface area (Å²) in [5, 5.41) is 14.7. The first-order valence-corrected chi connectivity index (χ1v) is 11.5. The van der Waals surface area contributed by atoms with E-state index < -0.39 is 23.6 Å². The van der Waals surface area contributed by atoms with Gasteiger partial charge in [0.15, 0.2) is 0 Å². The topological polar surface area (TPSA) is 105 Å². The Bertz CT molecular complexity index is 1010. The van der Waals surface area contributed by atoms with Gasteiger partial charge in [-0.15, -0.1) is 0 Å². The summed E-state index contributed by atoms with van der Waals surface area (Å²) in [5.41, 5.74) is 3.49. The Balaban J connectivity index is 1.41. The number of carboxylic acids is 1. The maximum absolute atomic E-state index is 13.0. The number of hydrogen-bond acceptors (Lipinski definition) is 4. The molecule has 0 aromatic heterocycles. The summed E-state index contributed by atoms with van der Waals surface area (Å²) in [7, 11) is 0. The Morgan fingerprint density at radius 1 is 1.03 bits per heavy atom. The molecule has 1 unspecified atom stereocenters. The Morgan fingerprint density at radius 3 is 2.09 bits per heavy atom. The zero-order valence-electron chi connectivity index (χ0n) is 19.0. The van der Waals surface area contributed by atoms with Gasteiger partial charge in [0.25, 0.3) is 0 Å². The molecule has 0 saturated heterocycles. The molecule has 1 atom stereocenters. The number of fused-ring (bicyclic) bond motifs is 3. The molecule has 3 N–H and O–H groups in total. The first kappa shape index (κ1) is 22.8. The fraction of sp³-hybridized carbons (Fsp3) is 0.423. The Morgan fingerprint density at radius 2 is 1.61 bits per heavy atom. The summed E-state index contributed by atoms with van der Waals surface area (Å²) in [6, 6.07) is 15.7. The van der Waals surface area contributed by atoms with Crippen LogP contribution >= 0.6 is 0 Å². The van der Waals surface area contributed by atoms with Crippen molar-refractivity contribution in [1.29, 1.82) is 0 Å². The molecular formula is C26H30N2O5. The molecule has 2 aromatic rings. The van der Waals surface area contributed by atoms with Crippen LogP contribution in [-0.2, 0) is 14.3 Å². The third-order valence-corrected chi connectivity index (χ3v) is 6.84. The minimum absolute atomic E-state index is 0.0448. The van der Waals surface area contributed by atoms with Crippen LogP contribution in [0.5, 0.6) is 0 Å². The molecule has 1 fully saturated rings. The first-order chi connectivity index (χ1) is 15.8. The number of amides is 2. The van der Waals surface area contributed by atoms with E-state index >= 15 is 0 Å². The predicted molar refractivity (Wildman–Crippen MR) is 124 cm³/mol. The van der Waals surface area contributed by atoms with Crippen molar-refractivity contribution in [2.24, 2.45) is 5.92 Å². The van der Waals surface area contributed by atoms with Gasteiger partial charge in [-0.25, -0.2) is 4.79 Å². The molecule has 2 aliphatic carbocycles. The summed E-state index contributed by atoms with van der Waals surface area (Å²) >= 11 is 0. The number of ether oxygens (including phenoxy) is 1. The second kappa shape index (κ2) is 9.25. The van der Waals surface area contributed by atoms with Crippen LogP contribution in [0, 0.1) is 5.92 Å². The number of rotatable bonds is 8. The summed E-state index contributed by atoms with van der Waals surface area (Å²) in [4.78, 5) is 36.9. The fourth-order valence-electron chi connectivity index (χ4n) is 4.72. The number of aliphatic carboxylic acids is 1. The van der Waals surface area contributed by atoms with Gasteiger partial charge in [0.2, 0.25) is 5.91 Å². The molecule has 0 spiro atoms. The van der Waals surface area contributed by atoms with Crippen LogP contribution < -0.4 is 10.6 Å². The summed E-state index contributed by atoms with van der Waals surface area (Å²) in [6.07, 6.45) is 1.01. The fourth-order valence-corrected chi connectivity index (χ4v) is 4.72. The molecule has 7 nitrogen and oxygen atoms in total. The SMILES string of the molecule is CC(C)C(CC(=O)O)NC(=O)C1(NC(=O)OCC2c3ccccc3-c3ccccc32)CCC1. The zero-order chi connectivity index (χ0) is 23.6. The number of alkyl carbamates (subject to hydrolysis) is 1. The molecule has 2 aliphatic rings. The number of carbonyl (C=O) groups excluding carboxylic acids is 2. The molecular weight excluding hydrogens is 420 g/mol. The number of benzene rings is 2. The highest BCUT2D eigenvalue weighted by Gasteiger charge is 2.47. The van der Waals surface area contributed by atoms with E-state index in [0.29, 0.717) is 12.8 Å². The normalized spacial score (nSPS) is 16.8. The largest absolute Gasteiger partial charge is 0.481 e. The number of nitrogens with one attached hydrogen (secondary N) is 2. The van der Waals surface area contributed by atoms with Gasteiger partial charge >= 0.3 is 12.1 Å². The molecule has 0 aliphatic heterocycles. The molecule has 33 heavy (non-hydrogen) atoms. The van der Waals surface area contributed by atoms with E-state index in [-0.39, 0.29) is 30.8 Å². The average molecular weight is 451 g/mol. The third-order valence-electron chi connectivity index (χ3n) is 6.84. The molecule has 174 valence electrons. The second-order valence-electron chi connectivity index (χ2n) is 9.31. The highest BCUT2D eigenvalue weighted by Crippen LogP contribution is 2.44. The highest BCUT2D eigenvalue weighted by atomic mass is 16.5. The van der Waals surface area contributed by atoms with Crippen molar-refractivity contribution >= 4 is 18.0 Å². The van der Waals surface area contributed by atoms with Crippen LogP contribution in [-0.4, -0.2) is 41.3 Å². The van der Waals surface area contributed by atoms with Crippen LogP contribution in [0.2, 0.25) is 0 Å². The molecule has 0 radical (unpaired) electrons. The summed E-state index contributed by atoms with van der Waals surface area (Å²) in [5.74, 6) is -1.42. The lowest BCUT2D eigenvalue weighted by Gasteiger charge is -2.41. The molecule has 7 heteroatoms.